The molecule has 0 aliphatic heterocycles. The Morgan fingerprint density at radius 2 is 1.71 bits per heavy atom. The van der Waals surface area contributed by atoms with Crippen LogP contribution in [0.2, 0.25) is 0 Å². The van der Waals surface area contributed by atoms with Crippen LogP contribution in [-0.2, 0) is 0 Å². The van der Waals surface area contributed by atoms with E-state index in [1.165, 1.54) is 0 Å². The van der Waals surface area contributed by atoms with Crippen LogP contribution in [0.1, 0.15) is 37.0 Å². The second kappa shape index (κ2) is 7.43. The molecule has 0 radical (unpaired) electrons. The second-order valence-electron chi connectivity index (χ2n) is 5.21. The first-order chi connectivity index (χ1) is 9.64. The van der Waals surface area contributed by atoms with Gasteiger partial charge in [0.05, 0.1) is 5.54 Å². The molecule has 3 nitrogen and oxygen atoms in total. The lowest BCUT2D eigenvalue weighted by molar-refractivity contribution is 0.0895. The zero-order chi connectivity index (χ0) is 14.6. The fraction of sp³-hybridized carbons (Fsp3) is 0.353. The SMILES string of the molecule is CCC(CC)(CN)NC(=O)c1ccc2ccccc2c1.Cl. The van der Waals surface area contributed by atoms with Crippen LogP contribution in [0, 0.1) is 0 Å². The van der Waals surface area contributed by atoms with Gasteiger partial charge in [-0.15, -0.1) is 12.4 Å². The average molecular weight is 307 g/mol. The van der Waals surface area contributed by atoms with Gasteiger partial charge in [-0.05, 0) is 35.7 Å². The highest BCUT2D eigenvalue weighted by molar-refractivity contribution is 5.98. The number of hydrogen-bond acceptors (Lipinski definition) is 2. The maximum Gasteiger partial charge on any atom is 0.251 e. The van der Waals surface area contributed by atoms with Crippen LogP contribution < -0.4 is 11.1 Å². The highest BCUT2D eigenvalue weighted by Crippen LogP contribution is 2.18. The van der Waals surface area contributed by atoms with Gasteiger partial charge in [-0.1, -0.05) is 44.2 Å². The highest BCUT2D eigenvalue weighted by Gasteiger charge is 2.26. The Labute approximate surface area is 132 Å². The molecule has 0 aliphatic rings. The van der Waals surface area contributed by atoms with Crippen LogP contribution in [0.3, 0.4) is 0 Å². The summed E-state index contributed by atoms with van der Waals surface area (Å²) in [5, 5.41) is 5.31. The molecule has 4 heteroatoms. The number of carbonyl (C=O) groups excluding carboxylic acids is 1. The third kappa shape index (κ3) is 3.74. The van der Waals surface area contributed by atoms with Crippen LogP contribution >= 0.6 is 12.4 Å². The Morgan fingerprint density at radius 3 is 2.29 bits per heavy atom. The number of rotatable bonds is 5. The third-order valence-electron chi connectivity index (χ3n) is 4.13. The Hall–Kier alpha value is -1.58. The summed E-state index contributed by atoms with van der Waals surface area (Å²) in [5.41, 5.74) is 6.21. The Morgan fingerprint density at radius 1 is 1.10 bits per heavy atom. The molecule has 3 N–H and O–H groups in total. The van der Waals surface area contributed by atoms with Crippen LogP contribution in [0.4, 0.5) is 0 Å². The number of fused-ring (bicyclic) bond motifs is 1. The molecule has 0 unspecified atom stereocenters. The van der Waals surface area contributed by atoms with Crippen molar-refractivity contribution in [3.05, 3.63) is 48.0 Å². The summed E-state index contributed by atoms with van der Waals surface area (Å²) in [7, 11) is 0. The minimum atomic E-state index is -0.303. The number of amides is 1. The molecule has 1 amide bonds. The van der Waals surface area contributed by atoms with Gasteiger partial charge in [-0.25, -0.2) is 0 Å². The predicted molar refractivity (Wildman–Crippen MR) is 91.0 cm³/mol. The Balaban J connectivity index is 0.00000220. The van der Waals surface area contributed by atoms with Gasteiger partial charge >= 0.3 is 0 Å². The molecule has 0 saturated carbocycles. The zero-order valence-corrected chi connectivity index (χ0v) is 13.4. The van der Waals surface area contributed by atoms with Crippen molar-refractivity contribution < 1.29 is 4.79 Å². The number of halogens is 1. The van der Waals surface area contributed by atoms with Gasteiger partial charge in [-0.2, -0.15) is 0 Å². The monoisotopic (exact) mass is 306 g/mol. The third-order valence-corrected chi connectivity index (χ3v) is 4.13. The summed E-state index contributed by atoms with van der Waals surface area (Å²) < 4.78 is 0. The quantitative estimate of drug-likeness (QED) is 0.888. The fourth-order valence-electron chi connectivity index (χ4n) is 2.41. The molecular formula is C17H23ClN2O. The maximum absolute atomic E-state index is 12.4. The fourth-order valence-corrected chi connectivity index (χ4v) is 2.41. The number of hydrogen-bond donors (Lipinski definition) is 2. The van der Waals surface area contributed by atoms with E-state index < -0.39 is 0 Å². The van der Waals surface area contributed by atoms with Crippen molar-refractivity contribution in [1.82, 2.24) is 5.32 Å². The summed E-state index contributed by atoms with van der Waals surface area (Å²) in [6, 6.07) is 13.8. The highest BCUT2D eigenvalue weighted by atomic mass is 35.5. The van der Waals surface area contributed by atoms with E-state index in [1.807, 2.05) is 42.5 Å². The molecule has 114 valence electrons. The van der Waals surface area contributed by atoms with Gasteiger partial charge in [0, 0.05) is 12.1 Å². The first-order valence-electron chi connectivity index (χ1n) is 7.15. The van der Waals surface area contributed by atoms with Crippen molar-refractivity contribution in [3.63, 3.8) is 0 Å². The Bertz CT molecular complexity index is 600. The summed E-state index contributed by atoms with van der Waals surface area (Å²) in [6.45, 7) is 4.56. The van der Waals surface area contributed by atoms with Crippen molar-refractivity contribution in [2.75, 3.05) is 6.54 Å². The number of nitrogens with two attached hydrogens (primary N) is 1. The lowest BCUT2D eigenvalue weighted by atomic mass is 9.92. The van der Waals surface area contributed by atoms with Crippen molar-refractivity contribution in [2.24, 2.45) is 5.73 Å². The van der Waals surface area contributed by atoms with E-state index in [2.05, 4.69) is 19.2 Å². The van der Waals surface area contributed by atoms with E-state index in [9.17, 15) is 4.79 Å². The van der Waals surface area contributed by atoms with Crippen molar-refractivity contribution in [2.45, 2.75) is 32.2 Å². The van der Waals surface area contributed by atoms with E-state index in [4.69, 9.17) is 5.73 Å². The second-order valence-corrected chi connectivity index (χ2v) is 5.21. The number of carbonyl (C=O) groups is 1. The smallest absolute Gasteiger partial charge is 0.251 e. The van der Waals surface area contributed by atoms with Crippen LogP contribution in [0.25, 0.3) is 10.8 Å². The van der Waals surface area contributed by atoms with Gasteiger partial charge in [0.1, 0.15) is 0 Å². The van der Waals surface area contributed by atoms with E-state index >= 15 is 0 Å². The molecule has 0 bridgehead atoms. The molecule has 2 aromatic carbocycles. The van der Waals surface area contributed by atoms with Gasteiger partial charge < -0.3 is 11.1 Å². The Kier molecular flexibility index (Phi) is 6.19. The van der Waals surface area contributed by atoms with Crippen molar-refractivity contribution in [3.8, 4) is 0 Å². The van der Waals surface area contributed by atoms with Crippen LogP contribution in [-0.4, -0.2) is 18.0 Å². The summed E-state index contributed by atoms with van der Waals surface area (Å²) in [5.74, 6) is -0.0510. The molecule has 2 aromatic rings. The largest absolute Gasteiger partial charge is 0.345 e. The van der Waals surface area contributed by atoms with Gasteiger partial charge in [0.15, 0.2) is 0 Å². The molecule has 0 aromatic heterocycles. The lowest BCUT2D eigenvalue weighted by Crippen LogP contribution is -2.52. The van der Waals surface area contributed by atoms with Crippen molar-refractivity contribution >= 4 is 29.1 Å². The van der Waals surface area contributed by atoms with Gasteiger partial charge in [0.25, 0.3) is 5.91 Å². The summed E-state index contributed by atoms with van der Waals surface area (Å²) in [6.07, 6.45) is 1.67. The van der Waals surface area contributed by atoms with E-state index in [1.54, 1.807) is 0 Å². The predicted octanol–water partition coefficient (Wildman–Crippen LogP) is 3.51. The molecule has 0 saturated heterocycles. The topological polar surface area (TPSA) is 55.1 Å². The average Bonchev–Trinajstić information content (AvgIpc) is 2.52. The molecule has 0 heterocycles. The van der Waals surface area contributed by atoms with Crippen LogP contribution in [0.15, 0.2) is 42.5 Å². The number of benzene rings is 2. The minimum Gasteiger partial charge on any atom is -0.345 e. The molecule has 0 fully saturated rings. The van der Waals surface area contributed by atoms with E-state index in [0.717, 1.165) is 23.6 Å². The van der Waals surface area contributed by atoms with E-state index in [-0.39, 0.29) is 23.9 Å². The first kappa shape index (κ1) is 17.5. The van der Waals surface area contributed by atoms with Gasteiger partial charge in [0.2, 0.25) is 0 Å². The molecule has 0 atom stereocenters. The van der Waals surface area contributed by atoms with E-state index in [0.29, 0.717) is 12.1 Å². The maximum atomic E-state index is 12.4. The standard InChI is InChI=1S/C17H22N2O.ClH/c1-3-17(4-2,12-18)19-16(20)15-10-9-13-7-5-6-8-14(13)11-15;/h5-11H,3-4,12,18H2,1-2H3,(H,19,20);1H. The molecular weight excluding hydrogens is 284 g/mol. The van der Waals surface area contributed by atoms with Gasteiger partial charge in [-0.3, -0.25) is 4.79 Å². The molecule has 21 heavy (non-hydrogen) atoms. The first-order valence-corrected chi connectivity index (χ1v) is 7.15. The number of nitrogens with one attached hydrogen (secondary N) is 1. The zero-order valence-electron chi connectivity index (χ0n) is 12.6. The molecule has 0 aliphatic carbocycles. The lowest BCUT2D eigenvalue weighted by Gasteiger charge is -2.31. The van der Waals surface area contributed by atoms with Crippen LogP contribution in [0.5, 0.6) is 0 Å². The minimum absolute atomic E-state index is 0. The summed E-state index contributed by atoms with van der Waals surface area (Å²) in [4.78, 5) is 12.4. The molecule has 0 spiro atoms. The summed E-state index contributed by atoms with van der Waals surface area (Å²) >= 11 is 0. The molecule has 2 rings (SSSR count). The normalized spacial score (nSPS) is 11.0. The van der Waals surface area contributed by atoms with Crippen molar-refractivity contribution in [1.29, 1.82) is 0 Å².